The minimum absolute atomic E-state index is 0.868. The van der Waals surface area contributed by atoms with E-state index in [1.165, 1.54) is 21.5 Å². The molecule has 2 heteroatoms. The predicted molar refractivity (Wildman–Crippen MR) is 75.7 cm³/mol. The van der Waals surface area contributed by atoms with Crippen LogP contribution in [0.1, 0.15) is 0 Å². The first-order valence-corrected chi connectivity index (χ1v) is 6.24. The van der Waals surface area contributed by atoms with Gasteiger partial charge >= 0.3 is 0 Å². The Kier molecular flexibility index (Phi) is 2.52. The molecule has 0 radical (unpaired) electrons. The van der Waals surface area contributed by atoms with Crippen molar-refractivity contribution in [3.8, 4) is 5.75 Å². The van der Waals surface area contributed by atoms with Crippen LogP contribution in [0.2, 0.25) is 0 Å². The maximum atomic E-state index is 5.32. The number of ether oxygens (including phenoxy) is 1. The molecule has 0 saturated heterocycles. The van der Waals surface area contributed by atoms with Gasteiger partial charge in [-0.25, -0.2) is 0 Å². The Hall–Kier alpha value is -1.54. The SMILES string of the molecule is COc1cc2ccc3ccccc3c2cc1Br. The van der Waals surface area contributed by atoms with Gasteiger partial charge in [-0.05, 0) is 49.6 Å². The van der Waals surface area contributed by atoms with Gasteiger partial charge < -0.3 is 4.74 Å². The average molecular weight is 287 g/mol. The molecule has 0 aliphatic rings. The number of halogens is 1. The van der Waals surface area contributed by atoms with Gasteiger partial charge in [-0.15, -0.1) is 0 Å². The van der Waals surface area contributed by atoms with Crippen molar-refractivity contribution in [2.45, 2.75) is 0 Å². The molecule has 0 fully saturated rings. The van der Waals surface area contributed by atoms with Crippen LogP contribution < -0.4 is 4.74 Å². The summed E-state index contributed by atoms with van der Waals surface area (Å²) in [5.41, 5.74) is 0. The lowest BCUT2D eigenvalue weighted by Gasteiger charge is -2.08. The zero-order valence-corrected chi connectivity index (χ0v) is 11.0. The molecule has 0 bridgehead atoms. The summed E-state index contributed by atoms with van der Waals surface area (Å²) in [6.07, 6.45) is 0. The highest BCUT2D eigenvalue weighted by Gasteiger charge is 2.05. The van der Waals surface area contributed by atoms with E-state index in [2.05, 4.69) is 64.5 Å². The van der Waals surface area contributed by atoms with Gasteiger partial charge in [0, 0.05) is 0 Å². The molecule has 0 spiro atoms. The van der Waals surface area contributed by atoms with E-state index >= 15 is 0 Å². The quantitative estimate of drug-likeness (QED) is 0.586. The first kappa shape index (κ1) is 10.6. The van der Waals surface area contributed by atoms with E-state index in [0.29, 0.717) is 0 Å². The fourth-order valence-corrected chi connectivity index (χ4v) is 2.67. The monoisotopic (exact) mass is 286 g/mol. The van der Waals surface area contributed by atoms with Crippen molar-refractivity contribution in [2.24, 2.45) is 0 Å². The average Bonchev–Trinajstić information content (AvgIpc) is 2.38. The molecule has 0 saturated carbocycles. The summed E-state index contributed by atoms with van der Waals surface area (Å²) < 4.78 is 6.31. The number of hydrogen-bond donors (Lipinski definition) is 0. The van der Waals surface area contributed by atoms with E-state index in [-0.39, 0.29) is 0 Å². The minimum Gasteiger partial charge on any atom is -0.496 e. The van der Waals surface area contributed by atoms with E-state index in [0.717, 1.165) is 10.2 Å². The van der Waals surface area contributed by atoms with Crippen molar-refractivity contribution in [1.29, 1.82) is 0 Å². The van der Waals surface area contributed by atoms with E-state index in [1.807, 2.05) is 0 Å². The molecular weight excluding hydrogens is 276 g/mol. The molecule has 3 aromatic carbocycles. The lowest BCUT2D eigenvalue weighted by Crippen LogP contribution is -1.85. The number of hydrogen-bond acceptors (Lipinski definition) is 1. The van der Waals surface area contributed by atoms with Crippen molar-refractivity contribution >= 4 is 37.5 Å². The van der Waals surface area contributed by atoms with Crippen LogP contribution in [0.4, 0.5) is 0 Å². The minimum atomic E-state index is 0.868. The van der Waals surface area contributed by atoms with Gasteiger partial charge in [0.05, 0.1) is 11.6 Å². The molecular formula is C15H11BrO. The van der Waals surface area contributed by atoms with Crippen molar-refractivity contribution < 1.29 is 4.74 Å². The largest absolute Gasteiger partial charge is 0.496 e. The van der Waals surface area contributed by atoms with Gasteiger partial charge in [0.15, 0.2) is 0 Å². The molecule has 0 aliphatic carbocycles. The van der Waals surface area contributed by atoms with E-state index in [4.69, 9.17) is 4.74 Å². The summed E-state index contributed by atoms with van der Waals surface area (Å²) in [7, 11) is 1.69. The molecule has 84 valence electrons. The van der Waals surface area contributed by atoms with E-state index in [9.17, 15) is 0 Å². The lowest BCUT2D eigenvalue weighted by molar-refractivity contribution is 0.413. The van der Waals surface area contributed by atoms with Crippen LogP contribution in [0, 0.1) is 0 Å². The maximum Gasteiger partial charge on any atom is 0.133 e. The zero-order valence-electron chi connectivity index (χ0n) is 9.41. The third kappa shape index (κ3) is 1.69. The van der Waals surface area contributed by atoms with Gasteiger partial charge in [-0.2, -0.15) is 0 Å². The highest BCUT2D eigenvalue weighted by atomic mass is 79.9. The smallest absolute Gasteiger partial charge is 0.133 e. The molecule has 1 nitrogen and oxygen atoms in total. The number of rotatable bonds is 1. The predicted octanol–water partition coefficient (Wildman–Crippen LogP) is 4.76. The number of benzene rings is 3. The molecule has 0 unspecified atom stereocenters. The summed E-state index contributed by atoms with van der Waals surface area (Å²) in [5.74, 6) is 0.868. The first-order chi connectivity index (χ1) is 8.29. The molecule has 0 amide bonds. The summed E-state index contributed by atoms with van der Waals surface area (Å²) in [6, 6.07) is 16.9. The van der Waals surface area contributed by atoms with Crippen molar-refractivity contribution in [3.63, 3.8) is 0 Å². The number of fused-ring (bicyclic) bond motifs is 3. The lowest BCUT2D eigenvalue weighted by atomic mass is 10.0. The van der Waals surface area contributed by atoms with Crippen LogP contribution in [0.15, 0.2) is 53.0 Å². The third-order valence-electron chi connectivity index (χ3n) is 3.02. The van der Waals surface area contributed by atoms with Crippen LogP contribution in [-0.2, 0) is 0 Å². The topological polar surface area (TPSA) is 9.23 Å². The Morgan fingerprint density at radius 2 is 1.65 bits per heavy atom. The Morgan fingerprint density at radius 1 is 0.882 bits per heavy atom. The molecule has 3 aromatic rings. The van der Waals surface area contributed by atoms with Crippen LogP contribution in [-0.4, -0.2) is 7.11 Å². The Labute approximate surface area is 108 Å². The zero-order chi connectivity index (χ0) is 11.8. The molecule has 0 atom stereocenters. The molecule has 17 heavy (non-hydrogen) atoms. The van der Waals surface area contributed by atoms with Gasteiger partial charge in [0.1, 0.15) is 5.75 Å². The van der Waals surface area contributed by atoms with Crippen LogP contribution in [0.25, 0.3) is 21.5 Å². The standard InChI is InChI=1S/C15H11BrO/c1-17-15-8-11-7-6-10-4-2-3-5-12(10)13(11)9-14(15)16/h2-9H,1H3. The van der Waals surface area contributed by atoms with Gasteiger partial charge in [-0.1, -0.05) is 36.4 Å². The fourth-order valence-electron chi connectivity index (χ4n) is 2.16. The normalized spacial score (nSPS) is 10.9. The highest BCUT2D eigenvalue weighted by molar-refractivity contribution is 9.10. The van der Waals surface area contributed by atoms with Gasteiger partial charge in [0.25, 0.3) is 0 Å². The highest BCUT2D eigenvalue weighted by Crippen LogP contribution is 2.33. The number of methoxy groups -OCH3 is 1. The van der Waals surface area contributed by atoms with Gasteiger partial charge in [0.2, 0.25) is 0 Å². The Bertz CT molecular complexity index is 704. The van der Waals surface area contributed by atoms with Crippen molar-refractivity contribution in [3.05, 3.63) is 53.0 Å². The second-order valence-corrected chi connectivity index (χ2v) is 4.85. The summed E-state index contributed by atoms with van der Waals surface area (Å²) >= 11 is 3.54. The van der Waals surface area contributed by atoms with Crippen molar-refractivity contribution in [2.75, 3.05) is 7.11 Å². The van der Waals surface area contributed by atoms with Crippen LogP contribution in [0.3, 0.4) is 0 Å². The summed E-state index contributed by atoms with van der Waals surface area (Å²) in [4.78, 5) is 0. The molecule has 3 rings (SSSR count). The second-order valence-electron chi connectivity index (χ2n) is 3.99. The van der Waals surface area contributed by atoms with Crippen LogP contribution in [0.5, 0.6) is 5.75 Å². The van der Waals surface area contributed by atoms with Gasteiger partial charge in [-0.3, -0.25) is 0 Å². The fraction of sp³-hybridized carbons (Fsp3) is 0.0667. The Morgan fingerprint density at radius 3 is 2.47 bits per heavy atom. The van der Waals surface area contributed by atoms with E-state index in [1.54, 1.807) is 7.11 Å². The summed E-state index contributed by atoms with van der Waals surface area (Å²) in [6.45, 7) is 0. The Balaban J connectivity index is 2.46. The molecule has 0 aromatic heterocycles. The second kappa shape index (κ2) is 4.04. The van der Waals surface area contributed by atoms with Crippen LogP contribution >= 0.6 is 15.9 Å². The third-order valence-corrected chi connectivity index (χ3v) is 3.64. The molecule has 0 N–H and O–H groups in total. The summed E-state index contributed by atoms with van der Waals surface area (Å²) in [5, 5.41) is 4.98. The maximum absolute atomic E-state index is 5.32. The van der Waals surface area contributed by atoms with Crippen molar-refractivity contribution in [1.82, 2.24) is 0 Å². The molecule has 0 heterocycles. The van der Waals surface area contributed by atoms with E-state index < -0.39 is 0 Å². The molecule has 0 aliphatic heterocycles. The first-order valence-electron chi connectivity index (χ1n) is 5.44.